The number of carbonyl (C=O) groups is 2. The largest absolute Gasteiger partial charge is 0.465 e. The number of sulfonamides is 1. The van der Waals surface area contributed by atoms with E-state index in [1.165, 1.54) is 21.3 Å². The molecule has 0 spiro atoms. The topological polar surface area (TPSA) is 167 Å². The van der Waals surface area contributed by atoms with Crippen molar-refractivity contribution in [3.8, 4) is 11.5 Å². The number of aliphatic hydroxyl groups is 1. The van der Waals surface area contributed by atoms with Crippen molar-refractivity contribution in [2.75, 3.05) is 39.6 Å². The summed E-state index contributed by atoms with van der Waals surface area (Å²) in [7, 11) is -4.24. The third-order valence-corrected chi connectivity index (χ3v) is 12.4. The summed E-state index contributed by atoms with van der Waals surface area (Å²) in [6.07, 6.45) is -0.355. The van der Waals surface area contributed by atoms with E-state index >= 15 is 0 Å². The average Bonchev–Trinajstić information content (AvgIpc) is 3.86. The highest BCUT2D eigenvalue weighted by atomic mass is 32.2. The first-order chi connectivity index (χ1) is 25.6. The van der Waals surface area contributed by atoms with Gasteiger partial charge < -0.3 is 39.4 Å². The third kappa shape index (κ3) is 9.96. The minimum atomic E-state index is -4.24. The molecular weight excluding hydrogens is 717 g/mol. The number of rotatable bonds is 18. The minimum absolute atomic E-state index is 0.0221. The molecule has 2 saturated heterocycles. The molecule has 14 nitrogen and oxygen atoms in total. The lowest BCUT2D eigenvalue weighted by Crippen LogP contribution is -2.58. The lowest BCUT2D eigenvalue weighted by atomic mass is 9.87. The predicted octanol–water partition coefficient (Wildman–Crippen LogP) is 5.14. The van der Waals surface area contributed by atoms with E-state index in [9.17, 15) is 28.2 Å². The minimum Gasteiger partial charge on any atom is -0.465 e. The second-order valence-corrected chi connectivity index (χ2v) is 17.8. The van der Waals surface area contributed by atoms with Crippen LogP contribution in [0.1, 0.15) is 72.8 Å². The summed E-state index contributed by atoms with van der Waals surface area (Å²) in [6.45, 7) is 12.6. The van der Waals surface area contributed by atoms with Crippen molar-refractivity contribution in [3.05, 3.63) is 54.1 Å². The Hall–Kier alpha value is -3.63. The van der Waals surface area contributed by atoms with Gasteiger partial charge in [0.2, 0.25) is 16.8 Å². The molecule has 0 unspecified atom stereocenters. The van der Waals surface area contributed by atoms with Crippen molar-refractivity contribution in [2.24, 2.45) is 11.3 Å². The fourth-order valence-electron chi connectivity index (χ4n) is 7.94. The fourth-order valence-corrected chi connectivity index (χ4v) is 9.60. The molecule has 3 heterocycles. The van der Waals surface area contributed by atoms with Gasteiger partial charge in [-0.2, -0.15) is 4.31 Å². The van der Waals surface area contributed by atoms with Crippen molar-refractivity contribution in [2.45, 2.75) is 115 Å². The Morgan fingerprint density at radius 1 is 0.981 bits per heavy atom. The van der Waals surface area contributed by atoms with Crippen LogP contribution in [-0.2, 0) is 25.9 Å². The van der Waals surface area contributed by atoms with Gasteiger partial charge in [0.25, 0.3) is 0 Å². The Morgan fingerprint density at radius 3 is 2.37 bits per heavy atom. The molecule has 3 aliphatic heterocycles. The maximum absolute atomic E-state index is 14.6. The number of benzene rings is 2. The second-order valence-electron chi connectivity index (χ2n) is 15.9. The SMILES string of the molecule is CC(C)N(C(=O)NCCCCC(C)(C)CN(C[C@@H](O)[C@H](Cc1ccccc1)N(C(=O)O)[C@H]1CO[C@H]2OCC[C@H]21)S(=O)(=O)c1ccc2c(c1)OCO2)C(C)C. The molecule has 15 heteroatoms. The molecule has 0 saturated carbocycles. The molecule has 0 radical (unpaired) electrons. The highest BCUT2D eigenvalue weighted by Crippen LogP contribution is 2.38. The molecule has 5 rings (SSSR count). The van der Waals surface area contributed by atoms with E-state index in [2.05, 4.69) is 5.32 Å². The first-order valence-corrected chi connectivity index (χ1v) is 20.5. The number of fused-ring (bicyclic) bond motifs is 2. The van der Waals surface area contributed by atoms with E-state index < -0.39 is 46.0 Å². The predicted molar refractivity (Wildman–Crippen MR) is 202 cm³/mol. The zero-order valence-corrected chi connectivity index (χ0v) is 33.2. The maximum atomic E-state index is 14.6. The number of urea groups is 1. The number of carboxylic acid groups (broad SMARTS) is 1. The summed E-state index contributed by atoms with van der Waals surface area (Å²) in [5, 5.41) is 25.9. The van der Waals surface area contributed by atoms with Gasteiger partial charge in [-0.25, -0.2) is 18.0 Å². The summed E-state index contributed by atoms with van der Waals surface area (Å²) in [6, 6.07) is 12.1. The van der Waals surface area contributed by atoms with Crippen LogP contribution in [0.15, 0.2) is 53.4 Å². The van der Waals surface area contributed by atoms with Crippen molar-refractivity contribution in [3.63, 3.8) is 0 Å². The zero-order valence-electron chi connectivity index (χ0n) is 32.3. The van der Waals surface area contributed by atoms with Crippen LogP contribution in [0.2, 0.25) is 0 Å². The number of unbranched alkanes of at least 4 members (excludes halogenated alkanes) is 1. The van der Waals surface area contributed by atoms with Crippen molar-refractivity contribution in [1.82, 2.24) is 19.4 Å². The van der Waals surface area contributed by atoms with Crippen LogP contribution in [0.5, 0.6) is 11.5 Å². The van der Waals surface area contributed by atoms with Gasteiger partial charge in [-0.1, -0.05) is 50.6 Å². The molecule has 300 valence electrons. The maximum Gasteiger partial charge on any atom is 0.407 e. The highest BCUT2D eigenvalue weighted by molar-refractivity contribution is 7.89. The van der Waals surface area contributed by atoms with Gasteiger partial charge in [0.05, 0.1) is 36.3 Å². The molecule has 2 fully saturated rings. The first-order valence-electron chi connectivity index (χ1n) is 19.0. The number of nitrogens with one attached hydrogen (secondary N) is 1. The van der Waals surface area contributed by atoms with Crippen molar-refractivity contribution in [1.29, 1.82) is 0 Å². The lowest BCUT2D eigenvalue weighted by molar-refractivity contribution is -0.0906. The highest BCUT2D eigenvalue weighted by Gasteiger charge is 2.49. The van der Waals surface area contributed by atoms with Crippen molar-refractivity contribution >= 4 is 22.1 Å². The molecule has 0 aliphatic carbocycles. The lowest BCUT2D eigenvalue weighted by Gasteiger charge is -2.40. The van der Waals surface area contributed by atoms with Crippen LogP contribution in [0.25, 0.3) is 0 Å². The number of hydrogen-bond donors (Lipinski definition) is 3. The molecule has 2 aromatic rings. The number of nitrogens with zero attached hydrogens (tertiary/aromatic N) is 3. The van der Waals surface area contributed by atoms with Crippen LogP contribution in [0.4, 0.5) is 9.59 Å². The molecule has 0 aromatic heterocycles. The van der Waals surface area contributed by atoms with Gasteiger partial charge in [-0.3, -0.25) is 4.90 Å². The Labute approximate surface area is 319 Å². The van der Waals surface area contributed by atoms with E-state index in [1.54, 1.807) is 11.0 Å². The Bertz CT molecular complexity index is 1670. The van der Waals surface area contributed by atoms with E-state index in [0.717, 1.165) is 5.56 Å². The number of amides is 3. The monoisotopic (exact) mass is 774 g/mol. The van der Waals surface area contributed by atoms with Gasteiger partial charge in [-0.05, 0) is 76.5 Å². The molecule has 3 amide bonds. The molecule has 0 bridgehead atoms. The van der Waals surface area contributed by atoms with Gasteiger partial charge in [-0.15, -0.1) is 0 Å². The number of carbonyl (C=O) groups excluding carboxylic acids is 1. The molecule has 2 aromatic carbocycles. The fraction of sp³-hybridized carbons (Fsp3) is 0.641. The second kappa shape index (κ2) is 17.9. The number of aliphatic hydroxyl groups excluding tert-OH is 1. The first kappa shape index (κ1) is 41.5. The van der Waals surface area contributed by atoms with Crippen LogP contribution < -0.4 is 14.8 Å². The third-order valence-electron chi connectivity index (χ3n) is 10.6. The molecule has 3 N–H and O–H groups in total. The van der Waals surface area contributed by atoms with Crippen molar-refractivity contribution < 1.29 is 47.2 Å². The van der Waals surface area contributed by atoms with Crippen LogP contribution in [-0.4, -0.2) is 121 Å². The number of ether oxygens (including phenoxy) is 4. The summed E-state index contributed by atoms with van der Waals surface area (Å²) in [4.78, 5) is 28.9. The Morgan fingerprint density at radius 2 is 1.69 bits per heavy atom. The van der Waals surface area contributed by atoms with Crippen LogP contribution in [0.3, 0.4) is 0 Å². The smallest absolute Gasteiger partial charge is 0.407 e. The zero-order chi connectivity index (χ0) is 39.2. The normalized spacial score (nSPS) is 20.7. The summed E-state index contributed by atoms with van der Waals surface area (Å²) < 4.78 is 52.8. The van der Waals surface area contributed by atoms with E-state index in [0.29, 0.717) is 50.3 Å². The van der Waals surface area contributed by atoms with E-state index in [1.807, 2.05) is 71.9 Å². The standard InChI is InChI=1S/C39H58N4O10S/c1-26(2)42(27(3)4)37(45)40-18-11-10-17-39(5,6)24-41(54(48,49)29-14-15-34-35(21-29)53-25-52-34)22-33(44)31(20-28-12-8-7-9-13-28)43(38(46)47)32-23-51-36-30(32)16-19-50-36/h7-9,12-15,21,26-27,30-33,36,44H,10-11,16-20,22-25H2,1-6H3,(H,40,45)(H,46,47)/t30-,31-,32-,33+,36+/m0/s1. The number of hydrogen-bond acceptors (Lipinski definition) is 9. The molecule has 54 heavy (non-hydrogen) atoms. The van der Waals surface area contributed by atoms with Gasteiger partial charge in [0.15, 0.2) is 17.8 Å². The van der Waals surface area contributed by atoms with Gasteiger partial charge in [0, 0.05) is 43.7 Å². The van der Waals surface area contributed by atoms with E-state index in [4.69, 9.17) is 18.9 Å². The Balaban J connectivity index is 1.38. The molecular formula is C39H58N4O10S. The average molecular weight is 775 g/mol. The molecule has 3 aliphatic rings. The van der Waals surface area contributed by atoms with Crippen LogP contribution >= 0.6 is 0 Å². The van der Waals surface area contributed by atoms with E-state index in [-0.39, 0.29) is 61.8 Å². The van der Waals surface area contributed by atoms with Gasteiger partial charge >= 0.3 is 12.1 Å². The summed E-state index contributed by atoms with van der Waals surface area (Å²) >= 11 is 0. The summed E-state index contributed by atoms with van der Waals surface area (Å²) in [5.74, 6) is 0.536. The Kier molecular flexibility index (Phi) is 13.8. The van der Waals surface area contributed by atoms with Gasteiger partial charge in [0.1, 0.15) is 0 Å². The summed E-state index contributed by atoms with van der Waals surface area (Å²) in [5.41, 5.74) is 0.234. The quantitative estimate of drug-likeness (QED) is 0.173. The molecule has 5 atom stereocenters. The van der Waals surface area contributed by atoms with Crippen LogP contribution in [0, 0.1) is 11.3 Å².